The first kappa shape index (κ1) is 26.3. The first-order valence-corrected chi connectivity index (χ1v) is 11.5. The molecule has 10 nitrogen and oxygen atoms in total. The van der Waals surface area contributed by atoms with E-state index in [-0.39, 0.29) is 25.4 Å². The van der Waals surface area contributed by atoms with Crippen LogP contribution in [0.2, 0.25) is 0 Å². The largest absolute Gasteiger partial charge is 0.472 e. The van der Waals surface area contributed by atoms with Crippen LogP contribution in [-0.4, -0.2) is 82.4 Å². The fourth-order valence-electron chi connectivity index (χ4n) is 3.40. The molecular weight excluding hydrogens is 425 g/mol. The number of ether oxygens (including phenoxy) is 4. The van der Waals surface area contributed by atoms with Gasteiger partial charge in [-0.2, -0.15) is 10.5 Å². The molecule has 2 aliphatic rings. The standard InChI is InChI=1S/C18H27B2N2O8P/c1-10(2)25-6-14-16(18(8-21,9-22)17(20)29-14)30-31(23,24)26-7-13-12(27-11(3)4)5-15(19)28-13/h10-17H,5-7H2,1-4H3,(H,23,24). The molecule has 31 heavy (non-hydrogen) atoms. The molecule has 4 radical (unpaired) electrons. The predicted molar refractivity (Wildman–Crippen MR) is 109 cm³/mol. The van der Waals surface area contributed by atoms with E-state index in [9.17, 15) is 20.0 Å². The lowest BCUT2D eigenvalue weighted by molar-refractivity contribution is -0.0659. The summed E-state index contributed by atoms with van der Waals surface area (Å²) in [5, 5.41) is 19.2. The maximum atomic E-state index is 12.7. The van der Waals surface area contributed by atoms with Crippen LogP contribution in [-0.2, 0) is 32.6 Å². The van der Waals surface area contributed by atoms with Gasteiger partial charge in [-0.25, -0.2) is 4.57 Å². The van der Waals surface area contributed by atoms with Crippen molar-refractivity contribution in [2.24, 2.45) is 5.41 Å². The molecule has 7 unspecified atom stereocenters. The summed E-state index contributed by atoms with van der Waals surface area (Å²) in [4.78, 5) is 10.3. The SMILES string of the molecule is [B]C1CC(OC(C)C)C(COP(=O)(O)OC2C(COC(C)C)OC([B])C2(C#N)C#N)O1. The van der Waals surface area contributed by atoms with Gasteiger partial charge in [-0.05, 0) is 34.1 Å². The van der Waals surface area contributed by atoms with Crippen molar-refractivity contribution >= 4 is 23.5 Å². The molecule has 2 rings (SSSR count). The van der Waals surface area contributed by atoms with Crippen molar-refractivity contribution in [3.05, 3.63) is 0 Å². The lowest BCUT2D eigenvalue weighted by atomic mass is 9.72. The maximum Gasteiger partial charge on any atom is 0.472 e. The van der Waals surface area contributed by atoms with E-state index in [1.54, 1.807) is 26.0 Å². The van der Waals surface area contributed by atoms with E-state index in [1.165, 1.54) is 0 Å². The highest BCUT2D eigenvalue weighted by Gasteiger charge is 2.59. The fourth-order valence-corrected chi connectivity index (χ4v) is 4.38. The van der Waals surface area contributed by atoms with E-state index in [2.05, 4.69) is 0 Å². The number of hydrogen-bond acceptors (Lipinski definition) is 9. The van der Waals surface area contributed by atoms with Gasteiger partial charge in [0, 0.05) is 6.00 Å². The fraction of sp³-hybridized carbons (Fsp3) is 0.889. The van der Waals surface area contributed by atoms with Gasteiger partial charge in [0.25, 0.3) is 0 Å². The molecule has 2 heterocycles. The number of hydrogen-bond donors (Lipinski definition) is 1. The molecule has 168 valence electrons. The summed E-state index contributed by atoms with van der Waals surface area (Å²) in [6.07, 6.45) is -3.55. The molecule has 2 saturated heterocycles. The molecule has 0 aliphatic carbocycles. The van der Waals surface area contributed by atoms with Crippen molar-refractivity contribution in [2.45, 2.75) is 82.7 Å². The summed E-state index contributed by atoms with van der Waals surface area (Å²) in [6.45, 7) is 6.77. The number of rotatable bonds is 10. The van der Waals surface area contributed by atoms with Gasteiger partial charge in [0.1, 0.15) is 34.0 Å². The second-order valence-electron chi connectivity index (χ2n) is 8.03. The average Bonchev–Trinajstić information content (AvgIpc) is 3.14. The van der Waals surface area contributed by atoms with Crippen molar-refractivity contribution in [3.8, 4) is 12.1 Å². The highest BCUT2D eigenvalue weighted by Crippen LogP contribution is 2.52. The van der Waals surface area contributed by atoms with Crippen LogP contribution in [0.1, 0.15) is 34.1 Å². The number of nitrogens with zero attached hydrogens (tertiary/aromatic N) is 2. The summed E-state index contributed by atoms with van der Waals surface area (Å²) in [6, 6.07) is 1.55. The van der Waals surface area contributed by atoms with Crippen LogP contribution in [0, 0.1) is 28.1 Å². The zero-order valence-corrected chi connectivity index (χ0v) is 18.9. The van der Waals surface area contributed by atoms with E-state index in [4.69, 9.17) is 43.7 Å². The van der Waals surface area contributed by atoms with Crippen LogP contribution in [0.15, 0.2) is 0 Å². The summed E-state index contributed by atoms with van der Waals surface area (Å²) in [5.74, 6) is 0. The Morgan fingerprint density at radius 2 is 1.77 bits per heavy atom. The van der Waals surface area contributed by atoms with Gasteiger partial charge in [-0.15, -0.1) is 0 Å². The molecule has 0 amide bonds. The van der Waals surface area contributed by atoms with Crippen molar-refractivity contribution in [2.75, 3.05) is 13.2 Å². The zero-order valence-electron chi connectivity index (χ0n) is 18.0. The Labute approximate surface area is 185 Å². The van der Waals surface area contributed by atoms with Gasteiger partial charge >= 0.3 is 7.82 Å². The molecule has 0 aromatic carbocycles. The van der Waals surface area contributed by atoms with Gasteiger partial charge in [-0.1, -0.05) is 0 Å². The quantitative estimate of drug-likeness (QED) is 0.376. The van der Waals surface area contributed by atoms with E-state index >= 15 is 0 Å². The lowest BCUT2D eigenvalue weighted by Crippen LogP contribution is -2.42. The molecule has 0 saturated carbocycles. The third kappa shape index (κ3) is 6.54. The molecule has 7 atom stereocenters. The third-order valence-electron chi connectivity index (χ3n) is 4.85. The highest BCUT2D eigenvalue weighted by molar-refractivity contribution is 7.47. The highest BCUT2D eigenvalue weighted by atomic mass is 31.2. The second kappa shape index (κ2) is 10.8. The minimum atomic E-state index is -4.76. The van der Waals surface area contributed by atoms with Crippen LogP contribution < -0.4 is 0 Å². The molecule has 13 heteroatoms. The summed E-state index contributed by atoms with van der Waals surface area (Å²) < 4.78 is 45.1. The predicted octanol–water partition coefficient (Wildman–Crippen LogP) is 0.918. The van der Waals surface area contributed by atoms with Crippen LogP contribution in [0.5, 0.6) is 0 Å². The lowest BCUT2D eigenvalue weighted by Gasteiger charge is -2.28. The van der Waals surface area contributed by atoms with Crippen LogP contribution in [0.3, 0.4) is 0 Å². The molecule has 1 N–H and O–H groups in total. The number of phosphoric acid groups is 1. The van der Waals surface area contributed by atoms with Crippen LogP contribution in [0.25, 0.3) is 0 Å². The van der Waals surface area contributed by atoms with Crippen LogP contribution in [0.4, 0.5) is 0 Å². The molecular formula is C18H27B2N2O8P. The first-order chi connectivity index (χ1) is 14.4. The Kier molecular flexibility index (Phi) is 9.15. The normalized spacial score (nSPS) is 34.5. The first-order valence-electron chi connectivity index (χ1n) is 10.0. The third-order valence-corrected chi connectivity index (χ3v) is 5.81. The Balaban J connectivity index is 2.11. The Morgan fingerprint density at radius 1 is 1.13 bits per heavy atom. The molecule has 2 aliphatic heterocycles. The Bertz CT molecular complexity index is 729. The minimum Gasteiger partial charge on any atom is -0.380 e. The van der Waals surface area contributed by atoms with Gasteiger partial charge in [0.05, 0.1) is 49.7 Å². The Morgan fingerprint density at radius 3 is 2.32 bits per heavy atom. The van der Waals surface area contributed by atoms with Crippen molar-refractivity contribution in [1.29, 1.82) is 10.5 Å². The average molecular weight is 452 g/mol. The second-order valence-corrected chi connectivity index (χ2v) is 9.44. The monoisotopic (exact) mass is 452 g/mol. The zero-order chi connectivity index (χ0) is 23.4. The minimum absolute atomic E-state index is 0.105. The van der Waals surface area contributed by atoms with Gasteiger partial charge in [0.15, 0.2) is 5.41 Å². The van der Waals surface area contributed by atoms with E-state index < -0.39 is 49.7 Å². The topological polar surface area (TPSA) is 140 Å². The number of phosphoric ester groups is 1. The van der Waals surface area contributed by atoms with E-state index in [0.29, 0.717) is 6.42 Å². The maximum absolute atomic E-state index is 12.7. The molecule has 0 aromatic rings. The van der Waals surface area contributed by atoms with Crippen molar-refractivity contribution < 1.29 is 37.5 Å². The summed E-state index contributed by atoms with van der Waals surface area (Å²) in [7, 11) is 6.86. The van der Waals surface area contributed by atoms with Crippen LogP contribution >= 0.6 is 7.82 Å². The van der Waals surface area contributed by atoms with Gasteiger partial charge in [0.2, 0.25) is 0 Å². The molecule has 0 bridgehead atoms. The Hall–Kier alpha value is -0.940. The smallest absolute Gasteiger partial charge is 0.380 e. The molecule has 0 spiro atoms. The summed E-state index contributed by atoms with van der Waals surface area (Å²) >= 11 is 0. The summed E-state index contributed by atoms with van der Waals surface area (Å²) in [5.41, 5.74) is -2.03. The van der Waals surface area contributed by atoms with Gasteiger partial charge < -0.3 is 23.8 Å². The van der Waals surface area contributed by atoms with E-state index in [1.807, 2.05) is 13.8 Å². The molecule has 2 fully saturated rings. The van der Waals surface area contributed by atoms with Crippen molar-refractivity contribution in [1.82, 2.24) is 0 Å². The number of nitriles is 2. The van der Waals surface area contributed by atoms with E-state index in [0.717, 1.165) is 0 Å². The molecule has 0 aromatic heterocycles. The van der Waals surface area contributed by atoms with Gasteiger partial charge in [-0.3, -0.25) is 9.05 Å². The van der Waals surface area contributed by atoms with Crippen molar-refractivity contribution in [3.63, 3.8) is 0 Å².